The van der Waals surface area contributed by atoms with Gasteiger partial charge in [-0.3, -0.25) is 4.79 Å². The molecule has 0 atom stereocenters. The van der Waals surface area contributed by atoms with Crippen molar-refractivity contribution in [2.75, 3.05) is 26.8 Å². The second-order valence-electron chi connectivity index (χ2n) is 4.10. The minimum atomic E-state index is -3.91. The zero-order valence-electron chi connectivity index (χ0n) is 11.3. The molecule has 0 spiro atoms. The molecule has 0 aliphatic heterocycles. The molecule has 20 heavy (non-hydrogen) atoms. The smallest absolute Gasteiger partial charge is 0.254 e. The number of amides is 1. The van der Waals surface area contributed by atoms with Crippen molar-refractivity contribution < 1.29 is 17.9 Å². The zero-order valence-corrected chi connectivity index (χ0v) is 12.9. The van der Waals surface area contributed by atoms with Crippen molar-refractivity contribution in [2.45, 2.75) is 11.8 Å². The third kappa shape index (κ3) is 4.45. The van der Waals surface area contributed by atoms with Crippen LogP contribution in [-0.4, -0.2) is 46.0 Å². The summed E-state index contributed by atoms with van der Waals surface area (Å²) in [6.45, 7) is 3.09. The van der Waals surface area contributed by atoms with Crippen molar-refractivity contribution in [3.8, 4) is 0 Å². The van der Waals surface area contributed by atoms with Crippen LogP contribution in [0.1, 0.15) is 17.3 Å². The minimum Gasteiger partial charge on any atom is -0.383 e. The lowest BCUT2D eigenvalue weighted by molar-refractivity contribution is 0.0706. The van der Waals surface area contributed by atoms with E-state index in [1.54, 1.807) is 0 Å². The van der Waals surface area contributed by atoms with Gasteiger partial charge >= 0.3 is 0 Å². The van der Waals surface area contributed by atoms with Gasteiger partial charge < -0.3 is 9.64 Å². The molecular formula is C12H17ClN2O4S. The Morgan fingerprint density at radius 3 is 2.55 bits per heavy atom. The van der Waals surface area contributed by atoms with Gasteiger partial charge in [-0.2, -0.15) is 0 Å². The fourth-order valence-electron chi connectivity index (χ4n) is 1.64. The molecule has 0 fully saturated rings. The predicted octanol–water partition coefficient (Wildman–Crippen LogP) is 1.10. The topological polar surface area (TPSA) is 89.7 Å². The molecule has 0 unspecified atom stereocenters. The number of methoxy groups -OCH3 is 1. The number of nitrogens with zero attached hydrogens (tertiary/aromatic N) is 1. The number of benzene rings is 1. The first-order valence-corrected chi connectivity index (χ1v) is 7.83. The van der Waals surface area contributed by atoms with Gasteiger partial charge in [-0.25, -0.2) is 13.6 Å². The molecule has 1 aromatic carbocycles. The number of carbonyl (C=O) groups is 1. The van der Waals surface area contributed by atoms with E-state index in [4.69, 9.17) is 21.5 Å². The minimum absolute atomic E-state index is 0.141. The van der Waals surface area contributed by atoms with Gasteiger partial charge in [0.15, 0.2) is 0 Å². The molecule has 0 aliphatic carbocycles. The van der Waals surface area contributed by atoms with E-state index in [0.29, 0.717) is 19.7 Å². The molecule has 0 saturated carbocycles. The summed E-state index contributed by atoms with van der Waals surface area (Å²) in [5.41, 5.74) is 0.180. The van der Waals surface area contributed by atoms with Gasteiger partial charge in [0.2, 0.25) is 10.0 Å². The van der Waals surface area contributed by atoms with E-state index in [-0.39, 0.29) is 21.4 Å². The van der Waals surface area contributed by atoms with E-state index >= 15 is 0 Å². The van der Waals surface area contributed by atoms with Crippen LogP contribution in [0.5, 0.6) is 0 Å². The van der Waals surface area contributed by atoms with E-state index in [1.807, 2.05) is 6.92 Å². The monoisotopic (exact) mass is 320 g/mol. The van der Waals surface area contributed by atoms with Crippen LogP contribution in [0.4, 0.5) is 0 Å². The number of hydrogen-bond donors (Lipinski definition) is 1. The molecule has 6 nitrogen and oxygen atoms in total. The summed E-state index contributed by atoms with van der Waals surface area (Å²) in [4.78, 5) is 13.6. The molecule has 1 rings (SSSR count). The molecule has 0 aliphatic rings. The number of rotatable bonds is 6. The quantitative estimate of drug-likeness (QED) is 0.849. The average molecular weight is 321 g/mol. The normalized spacial score (nSPS) is 11.4. The number of primary sulfonamides is 1. The Morgan fingerprint density at radius 2 is 2.05 bits per heavy atom. The fourth-order valence-corrected chi connectivity index (χ4v) is 2.52. The SMILES string of the molecule is CCN(CCOC)C(=O)c1cc(Cl)cc(S(N)(=O)=O)c1. The largest absolute Gasteiger partial charge is 0.383 e. The number of halogens is 1. The van der Waals surface area contributed by atoms with Crippen LogP contribution in [0.25, 0.3) is 0 Å². The van der Waals surface area contributed by atoms with Crippen molar-refractivity contribution in [2.24, 2.45) is 5.14 Å². The van der Waals surface area contributed by atoms with Crippen LogP contribution in [0.2, 0.25) is 5.02 Å². The number of likely N-dealkylation sites (N-methyl/N-ethyl adjacent to an activating group) is 1. The van der Waals surface area contributed by atoms with E-state index < -0.39 is 10.0 Å². The Bertz CT molecular complexity index is 589. The highest BCUT2D eigenvalue weighted by atomic mass is 35.5. The van der Waals surface area contributed by atoms with Crippen molar-refractivity contribution in [1.29, 1.82) is 0 Å². The van der Waals surface area contributed by atoms with Crippen molar-refractivity contribution in [3.63, 3.8) is 0 Å². The summed E-state index contributed by atoms with van der Waals surface area (Å²) in [6.07, 6.45) is 0. The van der Waals surface area contributed by atoms with Gasteiger partial charge in [-0.1, -0.05) is 11.6 Å². The van der Waals surface area contributed by atoms with Gasteiger partial charge in [0.05, 0.1) is 11.5 Å². The Hall–Kier alpha value is -1.15. The highest BCUT2D eigenvalue weighted by Crippen LogP contribution is 2.19. The lowest BCUT2D eigenvalue weighted by Gasteiger charge is -2.20. The molecular weight excluding hydrogens is 304 g/mol. The van der Waals surface area contributed by atoms with E-state index in [9.17, 15) is 13.2 Å². The lowest BCUT2D eigenvalue weighted by atomic mass is 10.2. The fraction of sp³-hybridized carbons (Fsp3) is 0.417. The molecule has 0 heterocycles. The molecule has 0 saturated heterocycles. The first-order chi connectivity index (χ1) is 9.29. The lowest BCUT2D eigenvalue weighted by Crippen LogP contribution is -2.33. The molecule has 1 amide bonds. The maximum absolute atomic E-state index is 12.3. The molecule has 112 valence electrons. The van der Waals surface area contributed by atoms with Gasteiger partial charge in [-0.15, -0.1) is 0 Å². The zero-order chi connectivity index (χ0) is 15.3. The first kappa shape index (κ1) is 16.9. The molecule has 8 heteroatoms. The summed E-state index contributed by atoms with van der Waals surface area (Å²) in [6, 6.07) is 3.84. The van der Waals surface area contributed by atoms with Crippen molar-refractivity contribution >= 4 is 27.5 Å². The van der Waals surface area contributed by atoms with Crippen LogP contribution >= 0.6 is 11.6 Å². The Morgan fingerprint density at radius 1 is 1.40 bits per heavy atom. The molecule has 1 aromatic rings. The molecule has 0 aromatic heterocycles. The molecule has 0 bridgehead atoms. The summed E-state index contributed by atoms with van der Waals surface area (Å²) < 4.78 is 27.6. The predicted molar refractivity (Wildman–Crippen MR) is 76.3 cm³/mol. The van der Waals surface area contributed by atoms with E-state index in [2.05, 4.69) is 0 Å². The van der Waals surface area contributed by atoms with Crippen LogP contribution in [0.3, 0.4) is 0 Å². The number of nitrogens with two attached hydrogens (primary N) is 1. The highest BCUT2D eigenvalue weighted by molar-refractivity contribution is 7.89. The number of sulfonamides is 1. The summed E-state index contributed by atoms with van der Waals surface area (Å²) in [5.74, 6) is -0.322. The second kappa shape index (κ2) is 7.03. The van der Waals surface area contributed by atoms with Crippen LogP contribution < -0.4 is 5.14 Å². The van der Waals surface area contributed by atoms with Crippen molar-refractivity contribution in [1.82, 2.24) is 4.90 Å². The standard InChI is InChI=1S/C12H17ClN2O4S/c1-3-15(4-5-19-2)12(16)9-6-10(13)8-11(7-9)20(14,17)18/h6-8H,3-5H2,1-2H3,(H2,14,17,18). The third-order valence-corrected chi connectivity index (χ3v) is 3.79. The maximum atomic E-state index is 12.3. The van der Waals surface area contributed by atoms with Gasteiger partial charge in [0.25, 0.3) is 5.91 Å². The van der Waals surface area contributed by atoms with Gasteiger partial charge in [0, 0.05) is 30.8 Å². The van der Waals surface area contributed by atoms with Crippen LogP contribution in [0.15, 0.2) is 23.1 Å². The maximum Gasteiger partial charge on any atom is 0.254 e. The number of ether oxygens (including phenoxy) is 1. The van der Waals surface area contributed by atoms with Crippen molar-refractivity contribution in [3.05, 3.63) is 28.8 Å². The summed E-state index contributed by atoms with van der Waals surface area (Å²) in [7, 11) is -2.37. The second-order valence-corrected chi connectivity index (χ2v) is 6.10. The Labute approximate surface area is 123 Å². The number of hydrogen-bond acceptors (Lipinski definition) is 4. The summed E-state index contributed by atoms with van der Waals surface area (Å²) >= 11 is 5.84. The third-order valence-electron chi connectivity index (χ3n) is 2.68. The molecule has 2 N–H and O–H groups in total. The average Bonchev–Trinajstić information content (AvgIpc) is 2.37. The van der Waals surface area contributed by atoms with Crippen LogP contribution in [0, 0.1) is 0 Å². The molecule has 0 radical (unpaired) electrons. The van der Waals surface area contributed by atoms with Gasteiger partial charge in [-0.05, 0) is 25.1 Å². The van der Waals surface area contributed by atoms with Gasteiger partial charge in [0.1, 0.15) is 0 Å². The highest BCUT2D eigenvalue weighted by Gasteiger charge is 2.18. The first-order valence-electron chi connectivity index (χ1n) is 5.91. The van der Waals surface area contributed by atoms with E-state index in [0.717, 1.165) is 0 Å². The Balaban J connectivity index is 3.12. The van der Waals surface area contributed by atoms with E-state index in [1.165, 1.54) is 30.2 Å². The Kier molecular flexibility index (Phi) is 5.94. The van der Waals surface area contributed by atoms with Crippen LogP contribution in [-0.2, 0) is 14.8 Å². The summed E-state index contributed by atoms with van der Waals surface area (Å²) in [5, 5.41) is 5.19. The number of carbonyl (C=O) groups excluding carboxylic acids is 1.